The van der Waals surface area contributed by atoms with Crippen molar-refractivity contribution in [1.82, 2.24) is 10.2 Å². The number of morpholine rings is 1. The second kappa shape index (κ2) is 8.88. The van der Waals surface area contributed by atoms with Gasteiger partial charge in [-0.1, -0.05) is 0 Å². The molecule has 0 aliphatic carbocycles. The van der Waals surface area contributed by atoms with Crippen LogP contribution in [-0.2, 0) is 14.3 Å². The molecule has 0 spiro atoms. The lowest BCUT2D eigenvalue weighted by Crippen LogP contribution is -2.43. The Bertz CT molecular complexity index is 582. The van der Waals surface area contributed by atoms with E-state index in [9.17, 15) is 14.4 Å². The molecule has 1 aromatic carbocycles. The zero-order valence-electron chi connectivity index (χ0n) is 13.5. The van der Waals surface area contributed by atoms with E-state index in [2.05, 4.69) is 15.4 Å². The van der Waals surface area contributed by atoms with E-state index >= 15 is 0 Å². The fourth-order valence-electron chi connectivity index (χ4n) is 2.16. The normalized spacial score (nSPS) is 14.0. The van der Waals surface area contributed by atoms with Crippen LogP contribution in [0.1, 0.15) is 16.8 Å². The van der Waals surface area contributed by atoms with Crippen LogP contribution in [0.25, 0.3) is 0 Å². The van der Waals surface area contributed by atoms with E-state index < -0.39 is 0 Å². The molecule has 2 rings (SSSR count). The third-order valence-electron chi connectivity index (χ3n) is 3.54. The summed E-state index contributed by atoms with van der Waals surface area (Å²) >= 11 is 0. The second-order valence-corrected chi connectivity index (χ2v) is 5.19. The highest BCUT2D eigenvalue weighted by atomic mass is 16.5. The van der Waals surface area contributed by atoms with Gasteiger partial charge in [-0.3, -0.25) is 9.59 Å². The fraction of sp³-hybridized carbons (Fsp3) is 0.438. The van der Waals surface area contributed by atoms with Gasteiger partial charge in [-0.25, -0.2) is 4.79 Å². The maximum atomic E-state index is 12.1. The summed E-state index contributed by atoms with van der Waals surface area (Å²) < 4.78 is 9.70. The van der Waals surface area contributed by atoms with Gasteiger partial charge in [0.1, 0.15) is 0 Å². The van der Waals surface area contributed by atoms with Crippen LogP contribution in [0.2, 0.25) is 0 Å². The molecule has 0 aromatic heterocycles. The SMILES string of the molecule is COC(=O)CCNC(=O)c1ccc(NC(=O)N2CCOCC2)cc1. The molecule has 1 aliphatic heterocycles. The van der Waals surface area contributed by atoms with E-state index in [4.69, 9.17) is 4.74 Å². The molecule has 130 valence electrons. The molecule has 0 bridgehead atoms. The number of carbonyl (C=O) groups is 3. The molecular formula is C16H21N3O5. The lowest BCUT2D eigenvalue weighted by Gasteiger charge is -2.26. The standard InChI is InChI=1S/C16H21N3O5/c1-23-14(20)6-7-17-15(21)12-2-4-13(5-3-12)18-16(22)19-8-10-24-11-9-19/h2-5H,6-11H2,1H3,(H,17,21)(H,18,22). The van der Waals surface area contributed by atoms with E-state index in [-0.39, 0.29) is 30.9 Å². The molecule has 1 fully saturated rings. The molecule has 24 heavy (non-hydrogen) atoms. The first-order valence-corrected chi connectivity index (χ1v) is 7.69. The molecule has 1 aliphatic rings. The van der Waals surface area contributed by atoms with E-state index in [0.29, 0.717) is 37.6 Å². The van der Waals surface area contributed by atoms with Gasteiger partial charge in [0.05, 0.1) is 26.7 Å². The summed E-state index contributed by atoms with van der Waals surface area (Å²) in [7, 11) is 1.30. The number of amides is 3. The Morgan fingerprint density at radius 1 is 1.17 bits per heavy atom. The van der Waals surface area contributed by atoms with Gasteiger partial charge < -0.3 is 25.0 Å². The summed E-state index contributed by atoms with van der Waals surface area (Å²) in [5.74, 6) is -0.665. The molecule has 8 heteroatoms. The number of urea groups is 1. The molecule has 0 atom stereocenters. The first kappa shape index (κ1) is 17.7. The number of benzene rings is 1. The van der Waals surface area contributed by atoms with Crippen molar-refractivity contribution in [1.29, 1.82) is 0 Å². The first-order valence-electron chi connectivity index (χ1n) is 7.69. The number of nitrogens with one attached hydrogen (secondary N) is 2. The summed E-state index contributed by atoms with van der Waals surface area (Å²) in [5, 5.41) is 5.41. The summed E-state index contributed by atoms with van der Waals surface area (Å²) in [4.78, 5) is 36.6. The van der Waals surface area contributed by atoms with Crippen LogP contribution < -0.4 is 10.6 Å². The molecule has 2 N–H and O–H groups in total. The maximum Gasteiger partial charge on any atom is 0.321 e. The number of carbonyl (C=O) groups excluding carboxylic acids is 3. The number of ether oxygens (including phenoxy) is 2. The molecule has 0 unspecified atom stereocenters. The molecule has 1 aromatic rings. The summed E-state index contributed by atoms with van der Waals surface area (Å²) in [6, 6.07) is 6.36. The monoisotopic (exact) mass is 335 g/mol. The van der Waals surface area contributed by atoms with Crippen LogP contribution in [0, 0.1) is 0 Å². The molecule has 8 nitrogen and oxygen atoms in total. The smallest absolute Gasteiger partial charge is 0.321 e. The van der Waals surface area contributed by atoms with Crippen molar-refractivity contribution in [3.05, 3.63) is 29.8 Å². The Morgan fingerprint density at radius 2 is 1.83 bits per heavy atom. The largest absolute Gasteiger partial charge is 0.469 e. The van der Waals surface area contributed by atoms with Crippen molar-refractivity contribution in [2.75, 3.05) is 45.3 Å². The molecule has 0 radical (unpaired) electrons. The zero-order valence-corrected chi connectivity index (χ0v) is 13.5. The van der Waals surface area contributed by atoms with Gasteiger partial charge in [-0.15, -0.1) is 0 Å². The highest BCUT2D eigenvalue weighted by Crippen LogP contribution is 2.11. The average molecular weight is 335 g/mol. The minimum absolute atomic E-state index is 0.121. The Balaban J connectivity index is 1.82. The summed E-state index contributed by atoms with van der Waals surface area (Å²) in [6.45, 7) is 2.41. The molecule has 0 saturated carbocycles. The van der Waals surface area contributed by atoms with E-state index in [1.807, 2.05) is 0 Å². The van der Waals surface area contributed by atoms with Crippen molar-refractivity contribution in [2.45, 2.75) is 6.42 Å². The number of hydrogen-bond acceptors (Lipinski definition) is 5. The van der Waals surface area contributed by atoms with Crippen LogP contribution in [0.5, 0.6) is 0 Å². The highest BCUT2D eigenvalue weighted by Gasteiger charge is 2.16. The quantitative estimate of drug-likeness (QED) is 0.777. The van der Waals surface area contributed by atoms with Gasteiger partial charge in [0, 0.05) is 30.9 Å². The van der Waals surface area contributed by atoms with Crippen LogP contribution in [0.4, 0.5) is 10.5 Å². The van der Waals surface area contributed by atoms with E-state index in [1.54, 1.807) is 29.2 Å². The highest BCUT2D eigenvalue weighted by molar-refractivity contribution is 5.95. The minimum atomic E-state index is -0.378. The fourth-order valence-corrected chi connectivity index (χ4v) is 2.16. The molecule has 1 saturated heterocycles. The van der Waals surface area contributed by atoms with Crippen LogP contribution >= 0.6 is 0 Å². The van der Waals surface area contributed by atoms with Gasteiger partial charge in [0.15, 0.2) is 0 Å². The number of anilines is 1. The predicted molar refractivity (Wildman–Crippen MR) is 86.8 cm³/mol. The first-order chi connectivity index (χ1) is 11.6. The summed E-state index contributed by atoms with van der Waals surface area (Å²) in [6.07, 6.45) is 0.121. The van der Waals surface area contributed by atoms with Crippen molar-refractivity contribution < 1.29 is 23.9 Å². The molecule has 1 heterocycles. The Kier molecular flexibility index (Phi) is 6.56. The van der Waals surface area contributed by atoms with Crippen molar-refractivity contribution in [2.24, 2.45) is 0 Å². The van der Waals surface area contributed by atoms with Crippen molar-refractivity contribution in [3.8, 4) is 0 Å². The van der Waals surface area contributed by atoms with Crippen LogP contribution in [0.15, 0.2) is 24.3 Å². The molecular weight excluding hydrogens is 314 g/mol. The van der Waals surface area contributed by atoms with Gasteiger partial charge in [0.2, 0.25) is 0 Å². The van der Waals surface area contributed by atoms with Crippen molar-refractivity contribution >= 4 is 23.6 Å². The molecule has 3 amide bonds. The second-order valence-electron chi connectivity index (χ2n) is 5.19. The van der Waals surface area contributed by atoms with Crippen LogP contribution in [0.3, 0.4) is 0 Å². The number of nitrogens with zero attached hydrogens (tertiary/aromatic N) is 1. The van der Waals surface area contributed by atoms with Gasteiger partial charge in [-0.05, 0) is 24.3 Å². The number of esters is 1. The average Bonchev–Trinajstić information content (AvgIpc) is 2.62. The van der Waals surface area contributed by atoms with Gasteiger partial charge in [-0.2, -0.15) is 0 Å². The van der Waals surface area contributed by atoms with E-state index in [1.165, 1.54) is 7.11 Å². The predicted octanol–water partition coefficient (Wildman–Crippen LogP) is 0.844. The van der Waals surface area contributed by atoms with Crippen molar-refractivity contribution in [3.63, 3.8) is 0 Å². The maximum absolute atomic E-state index is 12.1. The van der Waals surface area contributed by atoms with E-state index in [0.717, 1.165) is 0 Å². The third-order valence-corrected chi connectivity index (χ3v) is 3.54. The summed E-state index contributed by atoms with van der Waals surface area (Å²) in [5.41, 5.74) is 1.06. The third kappa shape index (κ3) is 5.24. The topological polar surface area (TPSA) is 97.0 Å². The Hall–Kier alpha value is -2.61. The number of rotatable bonds is 5. The Morgan fingerprint density at radius 3 is 2.46 bits per heavy atom. The number of methoxy groups -OCH3 is 1. The van der Waals surface area contributed by atoms with Gasteiger partial charge in [0.25, 0.3) is 5.91 Å². The lowest BCUT2D eigenvalue weighted by atomic mass is 10.2. The number of hydrogen-bond donors (Lipinski definition) is 2. The van der Waals surface area contributed by atoms with Crippen LogP contribution in [-0.4, -0.2) is 62.8 Å². The van der Waals surface area contributed by atoms with Gasteiger partial charge >= 0.3 is 12.0 Å². The lowest BCUT2D eigenvalue weighted by molar-refractivity contribution is -0.140. The minimum Gasteiger partial charge on any atom is -0.469 e. The Labute approximate surface area is 140 Å². The zero-order chi connectivity index (χ0) is 17.4.